The highest BCUT2D eigenvalue weighted by molar-refractivity contribution is 5.79. The number of hydrogen-bond acceptors (Lipinski definition) is 4. The van der Waals surface area contributed by atoms with E-state index >= 15 is 0 Å². The van der Waals surface area contributed by atoms with Gasteiger partial charge in [0.2, 0.25) is 5.91 Å². The van der Waals surface area contributed by atoms with Crippen LogP contribution < -0.4 is 5.32 Å². The van der Waals surface area contributed by atoms with Gasteiger partial charge in [0.25, 0.3) is 0 Å². The lowest BCUT2D eigenvalue weighted by molar-refractivity contribution is -0.124. The molecule has 1 unspecified atom stereocenters. The summed E-state index contributed by atoms with van der Waals surface area (Å²) < 4.78 is 6.98. The highest BCUT2D eigenvalue weighted by Gasteiger charge is 2.16. The monoisotopic (exact) mass is 266 g/mol. The average molecular weight is 266 g/mol. The second-order valence-electron chi connectivity index (χ2n) is 4.92. The number of morpholine rings is 1. The molecule has 0 saturated carbocycles. The minimum absolute atomic E-state index is 0.0105. The van der Waals surface area contributed by atoms with Crippen molar-refractivity contribution >= 4 is 5.91 Å². The Morgan fingerprint density at radius 3 is 2.89 bits per heavy atom. The smallest absolute Gasteiger partial charge is 0.244 e. The van der Waals surface area contributed by atoms with Gasteiger partial charge in [-0.15, -0.1) is 0 Å². The van der Waals surface area contributed by atoms with Gasteiger partial charge in [0, 0.05) is 32.4 Å². The fraction of sp³-hybridized carbons (Fsp3) is 0.692. The molecule has 0 spiro atoms. The van der Waals surface area contributed by atoms with Gasteiger partial charge < -0.3 is 10.1 Å². The number of aromatic nitrogens is 2. The molecule has 2 rings (SSSR count). The summed E-state index contributed by atoms with van der Waals surface area (Å²) in [7, 11) is 0. The molecule has 0 aromatic carbocycles. The van der Waals surface area contributed by atoms with Crippen LogP contribution in [0.5, 0.6) is 0 Å². The molecule has 0 aliphatic carbocycles. The molecule has 0 radical (unpaired) electrons. The first-order chi connectivity index (χ1) is 9.16. The molecule has 6 heteroatoms. The van der Waals surface area contributed by atoms with Gasteiger partial charge in [0.1, 0.15) is 6.04 Å². The molecule has 106 valence electrons. The Kier molecular flexibility index (Phi) is 4.93. The molecule has 1 aliphatic rings. The van der Waals surface area contributed by atoms with Crippen LogP contribution in [0.2, 0.25) is 0 Å². The van der Waals surface area contributed by atoms with Crippen LogP contribution in [-0.4, -0.2) is 60.0 Å². The van der Waals surface area contributed by atoms with Crippen molar-refractivity contribution in [3.05, 3.63) is 18.0 Å². The normalized spacial score (nSPS) is 18.2. The lowest BCUT2D eigenvalue weighted by Gasteiger charge is -2.26. The zero-order chi connectivity index (χ0) is 13.7. The molecule has 0 bridgehead atoms. The second-order valence-corrected chi connectivity index (χ2v) is 4.92. The molecule has 1 aliphatic heterocycles. The van der Waals surface area contributed by atoms with Crippen molar-refractivity contribution in [1.82, 2.24) is 20.0 Å². The highest BCUT2D eigenvalue weighted by atomic mass is 16.5. The van der Waals surface area contributed by atoms with Gasteiger partial charge >= 0.3 is 0 Å². The van der Waals surface area contributed by atoms with E-state index in [1.54, 1.807) is 10.9 Å². The quantitative estimate of drug-likeness (QED) is 0.827. The number of amides is 1. The topological polar surface area (TPSA) is 59.4 Å². The van der Waals surface area contributed by atoms with Gasteiger partial charge in [0.15, 0.2) is 0 Å². The molecule has 1 N–H and O–H groups in total. The van der Waals surface area contributed by atoms with E-state index in [1.807, 2.05) is 20.0 Å². The SMILES string of the molecule is Cc1cnn(C(C)C(=O)NCCN2CCOCC2)c1. The molecule has 1 aromatic rings. The second kappa shape index (κ2) is 6.68. The molecular formula is C13H22N4O2. The number of aryl methyl sites for hydroxylation is 1. The molecule has 6 nitrogen and oxygen atoms in total. The summed E-state index contributed by atoms with van der Waals surface area (Å²) in [4.78, 5) is 14.3. The van der Waals surface area contributed by atoms with E-state index in [-0.39, 0.29) is 11.9 Å². The van der Waals surface area contributed by atoms with E-state index in [0.29, 0.717) is 6.54 Å². The minimum atomic E-state index is -0.265. The summed E-state index contributed by atoms with van der Waals surface area (Å²) in [6, 6.07) is -0.265. The molecule has 1 aromatic heterocycles. The first kappa shape index (κ1) is 14.0. The number of carbonyl (C=O) groups excluding carboxylic acids is 1. The van der Waals surface area contributed by atoms with E-state index in [4.69, 9.17) is 4.74 Å². The van der Waals surface area contributed by atoms with Crippen LogP contribution in [0.4, 0.5) is 0 Å². The number of hydrogen-bond donors (Lipinski definition) is 1. The van der Waals surface area contributed by atoms with Crippen molar-refractivity contribution in [2.24, 2.45) is 0 Å². The van der Waals surface area contributed by atoms with Crippen LogP contribution >= 0.6 is 0 Å². The summed E-state index contributed by atoms with van der Waals surface area (Å²) in [5, 5.41) is 7.12. The number of rotatable bonds is 5. The van der Waals surface area contributed by atoms with Crippen LogP contribution in [0.15, 0.2) is 12.4 Å². The van der Waals surface area contributed by atoms with Crippen LogP contribution in [0, 0.1) is 6.92 Å². The van der Waals surface area contributed by atoms with Crippen LogP contribution in [0.25, 0.3) is 0 Å². The third-order valence-corrected chi connectivity index (χ3v) is 3.34. The summed E-state index contributed by atoms with van der Waals surface area (Å²) in [5.74, 6) is 0.0105. The van der Waals surface area contributed by atoms with Gasteiger partial charge in [-0.25, -0.2) is 0 Å². The Labute approximate surface area is 113 Å². The van der Waals surface area contributed by atoms with Crippen LogP contribution in [0.1, 0.15) is 18.5 Å². The van der Waals surface area contributed by atoms with Gasteiger partial charge in [-0.1, -0.05) is 0 Å². The standard InChI is InChI=1S/C13H22N4O2/c1-11-9-15-17(10-11)12(2)13(18)14-3-4-16-5-7-19-8-6-16/h9-10,12H,3-8H2,1-2H3,(H,14,18). The maximum Gasteiger partial charge on any atom is 0.244 e. The molecule has 1 atom stereocenters. The Morgan fingerprint density at radius 1 is 1.53 bits per heavy atom. The first-order valence-electron chi connectivity index (χ1n) is 6.75. The average Bonchev–Trinajstić information content (AvgIpc) is 2.85. The van der Waals surface area contributed by atoms with E-state index in [2.05, 4.69) is 15.3 Å². The molecule has 1 fully saturated rings. The minimum Gasteiger partial charge on any atom is -0.379 e. The Hall–Kier alpha value is -1.40. The molecular weight excluding hydrogens is 244 g/mol. The van der Waals surface area contributed by atoms with Crippen LogP contribution in [-0.2, 0) is 9.53 Å². The molecule has 19 heavy (non-hydrogen) atoms. The van der Waals surface area contributed by atoms with Crippen molar-refractivity contribution in [1.29, 1.82) is 0 Å². The van der Waals surface area contributed by atoms with Gasteiger partial charge in [-0.05, 0) is 19.4 Å². The fourth-order valence-corrected chi connectivity index (χ4v) is 2.07. The summed E-state index contributed by atoms with van der Waals surface area (Å²) in [5.41, 5.74) is 1.06. The van der Waals surface area contributed by atoms with E-state index in [1.165, 1.54) is 0 Å². The highest BCUT2D eigenvalue weighted by Crippen LogP contribution is 2.05. The van der Waals surface area contributed by atoms with Crippen molar-refractivity contribution in [2.75, 3.05) is 39.4 Å². The van der Waals surface area contributed by atoms with E-state index < -0.39 is 0 Å². The van der Waals surface area contributed by atoms with Crippen molar-refractivity contribution in [3.8, 4) is 0 Å². The number of nitrogens with one attached hydrogen (secondary N) is 1. The van der Waals surface area contributed by atoms with Crippen LogP contribution in [0.3, 0.4) is 0 Å². The van der Waals surface area contributed by atoms with Crippen molar-refractivity contribution in [3.63, 3.8) is 0 Å². The third kappa shape index (κ3) is 4.04. The lowest BCUT2D eigenvalue weighted by atomic mass is 10.3. The van der Waals surface area contributed by atoms with Gasteiger partial charge in [0.05, 0.1) is 19.4 Å². The number of nitrogens with zero attached hydrogens (tertiary/aromatic N) is 3. The predicted molar refractivity (Wildman–Crippen MR) is 71.9 cm³/mol. The number of ether oxygens (including phenoxy) is 1. The molecule has 2 heterocycles. The zero-order valence-corrected chi connectivity index (χ0v) is 11.6. The lowest BCUT2D eigenvalue weighted by Crippen LogP contribution is -2.42. The van der Waals surface area contributed by atoms with Gasteiger partial charge in [-0.2, -0.15) is 5.10 Å². The maximum absolute atomic E-state index is 12.0. The Morgan fingerprint density at radius 2 is 2.26 bits per heavy atom. The maximum atomic E-state index is 12.0. The summed E-state index contributed by atoms with van der Waals surface area (Å²) in [6.07, 6.45) is 3.64. The zero-order valence-electron chi connectivity index (χ0n) is 11.6. The van der Waals surface area contributed by atoms with E-state index in [9.17, 15) is 4.79 Å². The summed E-state index contributed by atoms with van der Waals surface area (Å²) in [6.45, 7) is 8.84. The number of carbonyl (C=O) groups is 1. The van der Waals surface area contributed by atoms with Crippen molar-refractivity contribution < 1.29 is 9.53 Å². The Balaban J connectivity index is 1.71. The molecule has 1 amide bonds. The largest absolute Gasteiger partial charge is 0.379 e. The first-order valence-corrected chi connectivity index (χ1v) is 6.75. The fourth-order valence-electron chi connectivity index (χ4n) is 2.07. The molecule has 1 saturated heterocycles. The Bertz CT molecular complexity index is 413. The van der Waals surface area contributed by atoms with Gasteiger partial charge in [-0.3, -0.25) is 14.4 Å². The summed E-state index contributed by atoms with van der Waals surface area (Å²) >= 11 is 0. The third-order valence-electron chi connectivity index (χ3n) is 3.34. The van der Waals surface area contributed by atoms with Crippen molar-refractivity contribution in [2.45, 2.75) is 19.9 Å². The predicted octanol–water partition coefficient (Wildman–Crippen LogP) is 0.201. The van der Waals surface area contributed by atoms with E-state index in [0.717, 1.165) is 38.4 Å².